The number of para-hydroxylation sites is 2. The highest BCUT2D eigenvalue weighted by molar-refractivity contribution is 7.99. The first kappa shape index (κ1) is 20.0. The van der Waals surface area contributed by atoms with E-state index < -0.39 is 5.54 Å². The van der Waals surface area contributed by atoms with Gasteiger partial charge in [0, 0.05) is 5.69 Å². The summed E-state index contributed by atoms with van der Waals surface area (Å²) < 4.78 is 2.08. The third-order valence-electron chi connectivity index (χ3n) is 4.91. The van der Waals surface area contributed by atoms with Gasteiger partial charge >= 0.3 is 0 Å². The number of nitrogens with one attached hydrogen (secondary N) is 1. The average molecular weight is 393 g/mol. The zero-order valence-electron chi connectivity index (χ0n) is 16.6. The zero-order chi connectivity index (χ0) is 20.3. The monoisotopic (exact) mass is 392 g/mol. The maximum Gasteiger partial charge on any atom is 0.231 e. The standard InChI is InChI=1S/C22H24N4OS/c1-15(2)22(4,14-23)25-20(27)13-28-21-24-18-10-5-6-11-19(18)26(21)17-9-7-8-16(3)12-17/h5-12,15H,13H2,1-4H3,(H,25,27). The third-order valence-corrected chi connectivity index (χ3v) is 5.85. The van der Waals surface area contributed by atoms with Crippen LogP contribution in [0, 0.1) is 24.2 Å². The molecule has 0 radical (unpaired) electrons. The molecule has 1 N–H and O–H groups in total. The van der Waals surface area contributed by atoms with Crippen molar-refractivity contribution in [2.45, 2.75) is 38.4 Å². The van der Waals surface area contributed by atoms with Crippen molar-refractivity contribution in [2.24, 2.45) is 5.92 Å². The number of thioether (sulfide) groups is 1. The molecule has 6 heteroatoms. The molecule has 144 valence electrons. The molecule has 1 amide bonds. The molecule has 2 aromatic carbocycles. The largest absolute Gasteiger partial charge is 0.337 e. The Kier molecular flexibility index (Phi) is 5.76. The average Bonchev–Trinajstić information content (AvgIpc) is 3.04. The number of hydrogen-bond donors (Lipinski definition) is 1. The topological polar surface area (TPSA) is 70.7 Å². The Labute approximate surface area is 169 Å². The summed E-state index contributed by atoms with van der Waals surface area (Å²) in [6, 6.07) is 18.4. The van der Waals surface area contributed by atoms with E-state index in [0.717, 1.165) is 27.4 Å². The molecule has 1 heterocycles. The molecular weight excluding hydrogens is 368 g/mol. The molecule has 28 heavy (non-hydrogen) atoms. The Hall–Kier alpha value is -2.78. The summed E-state index contributed by atoms with van der Waals surface area (Å²) in [4.78, 5) is 17.2. The van der Waals surface area contributed by atoms with Crippen LogP contribution in [0.15, 0.2) is 53.7 Å². The first-order chi connectivity index (χ1) is 13.3. The van der Waals surface area contributed by atoms with Gasteiger partial charge in [0.05, 0.1) is 22.9 Å². The molecule has 0 saturated carbocycles. The molecule has 3 aromatic rings. The van der Waals surface area contributed by atoms with Gasteiger partial charge in [-0.1, -0.05) is 49.9 Å². The summed E-state index contributed by atoms with van der Waals surface area (Å²) in [6.45, 7) is 7.65. The van der Waals surface area contributed by atoms with Crippen molar-refractivity contribution in [3.8, 4) is 11.8 Å². The van der Waals surface area contributed by atoms with Gasteiger partial charge in [-0.3, -0.25) is 9.36 Å². The summed E-state index contributed by atoms with van der Waals surface area (Å²) >= 11 is 1.37. The molecular formula is C22H24N4OS. The van der Waals surface area contributed by atoms with Crippen LogP contribution in [0.4, 0.5) is 0 Å². The third kappa shape index (κ3) is 4.05. The summed E-state index contributed by atoms with van der Waals surface area (Å²) in [5, 5.41) is 13.0. The number of amides is 1. The molecule has 0 aliphatic heterocycles. The second-order valence-corrected chi connectivity index (χ2v) is 8.31. The van der Waals surface area contributed by atoms with Gasteiger partial charge < -0.3 is 5.32 Å². The van der Waals surface area contributed by atoms with Crippen molar-refractivity contribution in [1.82, 2.24) is 14.9 Å². The first-order valence-electron chi connectivity index (χ1n) is 9.23. The van der Waals surface area contributed by atoms with Crippen LogP contribution in [0.2, 0.25) is 0 Å². The van der Waals surface area contributed by atoms with Gasteiger partial charge in [-0.25, -0.2) is 4.98 Å². The number of carbonyl (C=O) groups is 1. The van der Waals surface area contributed by atoms with E-state index in [2.05, 4.69) is 35.0 Å². The minimum absolute atomic E-state index is 0.0170. The van der Waals surface area contributed by atoms with Gasteiger partial charge in [-0.05, 0) is 49.6 Å². The number of fused-ring (bicyclic) bond motifs is 1. The molecule has 1 unspecified atom stereocenters. The highest BCUT2D eigenvalue weighted by Gasteiger charge is 2.30. The van der Waals surface area contributed by atoms with E-state index in [1.165, 1.54) is 11.8 Å². The van der Waals surface area contributed by atoms with Crippen molar-refractivity contribution in [3.63, 3.8) is 0 Å². The van der Waals surface area contributed by atoms with Gasteiger partial charge in [-0.15, -0.1) is 0 Å². The van der Waals surface area contributed by atoms with Gasteiger partial charge in [0.2, 0.25) is 5.91 Å². The van der Waals surface area contributed by atoms with Gasteiger partial charge in [-0.2, -0.15) is 5.26 Å². The number of imidazole rings is 1. The Morgan fingerprint density at radius 3 is 2.71 bits per heavy atom. The number of nitriles is 1. The minimum atomic E-state index is -0.881. The Bertz CT molecular complexity index is 1050. The van der Waals surface area contributed by atoms with Crippen LogP contribution < -0.4 is 5.32 Å². The molecule has 3 rings (SSSR count). The summed E-state index contributed by atoms with van der Waals surface area (Å²) in [5.74, 6) is 0.0352. The molecule has 0 fully saturated rings. The van der Waals surface area contributed by atoms with Crippen molar-refractivity contribution in [3.05, 3.63) is 54.1 Å². The van der Waals surface area contributed by atoms with E-state index in [1.54, 1.807) is 6.92 Å². The zero-order valence-corrected chi connectivity index (χ0v) is 17.4. The summed E-state index contributed by atoms with van der Waals surface area (Å²) in [7, 11) is 0. The van der Waals surface area contributed by atoms with E-state index in [0.29, 0.717) is 0 Å². The number of aromatic nitrogens is 2. The van der Waals surface area contributed by atoms with Crippen LogP contribution in [0.25, 0.3) is 16.7 Å². The second-order valence-electron chi connectivity index (χ2n) is 7.36. The fraction of sp³-hybridized carbons (Fsp3) is 0.318. The molecule has 1 atom stereocenters. The van der Waals surface area contributed by atoms with E-state index in [4.69, 9.17) is 4.98 Å². The summed E-state index contributed by atoms with van der Waals surface area (Å²) in [6.07, 6.45) is 0. The SMILES string of the molecule is Cc1cccc(-n2c(SCC(=O)NC(C)(C#N)C(C)C)nc3ccccc32)c1. The Balaban J connectivity index is 1.89. The van der Waals surface area contributed by atoms with Crippen LogP contribution in [0.3, 0.4) is 0 Å². The maximum atomic E-state index is 12.5. The Morgan fingerprint density at radius 2 is 2.04 bits per heavy atom. The van der Waals surface area contributed by atoms with Crippen molar-refractivity contribution in [2.75, 3.05) is 5.75 Å². The van der Waals surface area contributed by atoms with Crippen LogP contribution in [-0.2, 0) is 4.79 Å². The van der Waals surface area contributed by atoms with Crippen molar-refractivity contribution < 1.29 is 4.79 Å². The lowest BCUT2D eigenvalue weighted by atomic mass is 9.90. The maximum absolute atomic E-state index is 12.5. The van der Waals surface area contributed by atoms with E-state index in [9.17, 15) is 10.1 Å². The smallest absolute Gasteiger partial charge is 0.231 e. The first-order valence-corrected chi connectivity index (χ1v) is 10.2. The number of benzene rings is 2. The normalized spacial score (nSPS) is 13.3. The van der Waals surface area contributed by atoms with E-state index in [-0.39, 0.29) is 17.6 Å². The van der Waals surface area contributed by atoms with E-state index in [1.807, 2.05) is 50.2 Å². The number of aryl methyl sites for hydroxylation is 1. The molecule has 0 spiro atoms. The van der Waals surface area contributed by atoms with Crippen LogP contribution in [-0.4, -0.2) is 26.8 Å². The summed E-state index contributed by atoms with van der Waals surface area (Å²) in [5.41, 5.74) is 3.18. The van der Waals surface area contributed by atoms with Gasteiger partial charge in [0.15, 0.2) is 5.16 Å². The Morgan fingerprint density at radius 1 is 1.29 bits per heavy atom. The van der Waals surface area contributed by atoms with Gasteiger partial charge in [0.1, 0.15) is 5.54 Å². The van der Waals surface area contributed by atoms with Crippen LogP contribution >= 0.6 is 11.8 Å². The van der Waals surface area contributed by atoms with Crippen LogP contribution in [0.5, 0.6) is 0 Å². The lowest BCUT2D eigenvalue weighted by Gasteiger charge is -2.27. The number of rotatable bonds is 6. The van der Waals surface area contributed by atoms with Crippen LogP contribution in [0.1, 0.15) is 26.3 Å². The molecule has 0 bridgehead atoms. The molecule has 0 aliphatic carbocycles. The quantitative estimate of drug-likeness (QED) is 0.628. The molecule has 1 aromatic heterocycles. The van der Waals surface area contributed by atoms with Crippen molar-refractivity contribution in [1.29, 1.82) is 5.26 Å². The lowest BCUT2D eigenvalue weighted by molar-refractivity contribution is -0.120. The number of nitrogens with zero attached hydrogens (tertiary/aromatic N) is 3. The molecule has 5 nitrogen and oxygen atoms in total. The fourth-order valence-electron chi connectivity index (χ4n) is 2.87. The second kappa shape index (κ2) is 8.07. The van der Waals surface area contributed by atoms with Gasteiger partial charge in [0.25, 0.3) is 0 Å². The highest BCUT2D eigenvalue weighted by Crippen LogP contribution is 2.28. The minimum Gasteiger partial charge on any atom is -0.337 e. The molecule has 0 saturated heterocycles. The predicted molar refractivity (Wildman–Crippen MR) is 114 cm³/mol. The lowest BCUT2D eigenvalue weighted by Crippen LogP contribution is -2.49. The number of hydrogen-bond acceptors (Lipinski definition) is 4. The number of carbonyl (C=O) groups excluding carboxylic acids is 1. The van der Waals surface area contributed by atoms with Crippen molar-refractivity contribution >= 4 is 28.7 Å². The molecule has 0 aliphatic rings. The highest BCUT2D eigenvalue weighted by atomic mass is 32.2. The van der Waals surface area contributed by atoms with E-state index >= 15 is 0 Å². The predicted octanol–water partition coefficient (Wildman–Crippen LogP) is 4.48. The fourth-order valence-corrected chi connectivity index (χ4v) is 3.70.